The molecule has 1 saturated heterocycles. The van der Waals surface area contributed by atoms with Crippen LogP contribution in [0.1, 0.15) is 6.23 Å². The van der Waals surface area contributed by atoms with Crippen molar-refractivity contribution in [1.29, 1.82) is 0 Å². The Labute approximate surface area is 158 Å². The van der Waals surface area contributed by atoms with Gasteiger partial charge in [-0.05, 0) is 23.6 Å². The van der Waals surface area contributed by atoms with Gasteiger partial charge in [0.1, 0.15) is 30.3 Å². The van der Waals surface area contributed by atoms with Crippen molar-refractivity contribution >= 4 is 32.5 Å². The first-order valence-corrected chi connectivity index (χ1v) is 9.42. The Morgan fingerprint density at radius 2 is 1.96 bits per heavy atom. The zero-order valence-electron chi connectivity index (χ0n) is 14.1. The zero-order valence-corrected chi connectivity index (χ0v) is 15.0. The molecule has 138 valence electrons. The van der Waals surface area contributed by atoms with Gasteiger partial charge >= 0.3 is 0 Å². The first-order chi connectivity index (χ1) is 13.2. The van der Waals surface area contributed by atoms with Crippen LogP contribution >= 0.6 is 11.3 Å². The fourth-order valence-electron chi connectivity index (χ4n) is 3.58. The Hall–Kier alpha value is -2.36. The van der Waals surface area contributed by atoms with Crippen LogP contribution in [-0.4, -0.2) is 54.8 Å². The smallest absolute Gasteiger partial charge is 0.164 e. The van der Waals surface area contributed by atoms with E-state index in [9.17, 15) is 15.3 Å². The average Bonchev–Trinajstić information content (AvgIpc) is 3.38. The number of aliphatic hydroxyl groups is 3. The van der Waals surface area contributed by atoms with Crippen molar-refractivity contribution in [2.45, 2.75) is 24.5 Å². The average molecular weight is 383 g/mol. The van der Waals surface area contributed by atoms with E-state index in [0.29, 0.717) is 5.65 Å². The van der Waals surface area contributed by atoms with Crippen LogP contribution in [0.3, 0.4) is 0 Å². The van der Waals surface area contributed by atoms with E-state index >= 15 is 0 Å². The minimum Gasteiger partial charge on any atom is -0.394 e. The molecule has 0 amide bonds. The summed E-state index contributed by atoms with van der Waals surface area (Å²) in [5.41, 5.74) is 1.42. The molecule has 5 rings (SSSR count). The molecule has 0 unspecified atom stereocenters. The Bertz CT molecular complexity index is 1090. The molecule has 0 radical (unpaired) electrons. The van der Waals surface area contributed by atoms with Crippen LogP contribution in [0.15, 0.2) is 48.9 Å². The van der Waals surface area contributed by atoms with E-state index in [1.54, 1.807) is 22.1 Å². The van der Waals surface area contributed by atoms with Gasteiger partial charge in [0.2, 0.25) is 0 Å². The third-order valence-electron chi connectivity index (χ3n) is 4.96. The first-order valence-electron chi connectivity index (χ1n) is 8.60. The quantitative estimate of drug-likeness (QED) is 0.500. The highest BCUT2D eigenvalue weighted by Crippen LogP contribution is 2.37. The van der Waals surface area contributed by atoms with Crippen molar-refractivity contribution in [2.75, 3.05) is 6.61 Å². The Kier molecular flexibility index (Phi) is 3.96. The minimum atomic E-state index is -1.15. The van der Waals surface area contributed by atoms with Gasteiger partial charge in [0.15, 0.2) is 6.23 Å². The molecule has 1 aromatic carbocycles. The molecule has 3 aromatic heterocycles. The molecule has 7 nitrogen and oxygen atoms in total. The third-order valence-corrected chi connectivity index (χ3v) is 6.08. The van der Waals surface area contributed by atoms with E-state index in [1.165, 1.54) is 11.0 Å². The molecule has 4 heterocycles. The van der Waals surface area contributed by atoms with Gasteiger partial charge in [-0.2, -0.15) is 0 Å². The molecule has 8 heteroatoms. The van der Waals surface area contributed by atoms with E-state index in [1.807, 2.05) is 18.2 Å². The van der Waals surface area contributed by atoms with E-state index in [0.717, 1.165) is 21.3 Å². The molecule has 1 aliphatic heterocycles. The predicted octanol–water partition coefficient (Wildman–Crippen LogP) is 1.92. The summed E-state index contributed by atoms with van der Waals surface area (Å²) in [6.07, 6.45) is -0.705. The minimum absolute atomic E-state index is 0.365. The van der Waals surface area contributed by atoms with E-state index in [4.69, 9.17) is 4.74 Å². The Balaban J connectivity index is 1.61. The van der Waals surface area contributed by atoms with Gasteiger partial charge in [-0.1, -0.05) is 18.2 Å². The highest BCUT2D eigenvalue weighted by molar-refractivity contribution is 7.22. The zero-order chi connectivity index (χ0) is 18.5. The van der Waals surface area contributed by atoms with Crippen molar-refractivity contribution in [2.24, 2.45) is 0 Å². The maximum Gasteiger partial charge on any atom is 0.164 e. The fourth-order valence-corrected chi connectivity index (χ4v) is 4.65. The summed E-state index contributed by atoms with van der Waals surface area (Å²) in [7, 11) is 0. The number of nitrogens with zero attached hydrogens (tertiary/aromatic N) is 3. The van der Waals surface area contributed by atoms with Crippen molar-refractivity contribution in [3.63, 3.8) is 0 Å². The molecular formula is C19H17N3O4S. The molecule has 0 bridgehead atoms. The largest absolute Gasteiger partial charge is 0.394 e. The lowest BCUT2D eigenvalue weighted by Gasteiger charge is -2.17. The molecule has 3 N–H and O–H groups in total. The van der Waals surface area contributed by atoms with Gasteiger partial charge in [-0.25, -0.2) is 9.97 Å². The fraction of sp³-hybridized carbons (Fsp3) is 0.263. The summed E-state index contributed by atoms with van der Waals surface area (Å²) in [6.45, 7) is -0.365. The number of aromatic nitrogens is 3. The highest BCUT2D eigenvalue weighted by atomic mass is 32.1. The van der Waals surface area contributed by atoms with E-state index in [2.05, 4.69) is 28.2 Å². The monoisotopic (exact) mass is 383 g/mol. The van der Waals surface area contributed by atoms with Crippen LogP contribution in [-0.2, 0) is 4.74 Å². The molecule has 4 aromatic rings. The van der Waals surface area contributed by atoms with Crippen molar-refractivity contribution in [3.8, 4) is 10.6 Å². The number of fused-ring (bicyclic) bond motifs is 2. The number of hydrogen-bond donors (Lipinski definition) is 3. The lowest BCUT2D eigenvalue weighted by atomic mass is 10.1. The molecule has 1 fully saturated rings. The van der Waals surface area contributed by atoms with Crippen LogP contribution in [0.4, 0.5) is 0 Å². The van der Waals surface area contributed by atoms with Crippen LogP contribution in [0.2, 0.25) is 0 Å². The number of aliphatic hydroxyl groups excluding tert-OH is 3. The summed E-state index contributed by atoms with van der Waals surface area (Å²) in [6, 6.07) is 12.1. The summed E-state index contributed by atoms with van der Waals surface area (Å²) in [5, 5.41) is 31.7. The Morgan fingerprint density at radius 1 is 1.11 bits per heavy atom. The topological polar surface area (TPSA) is 101 Å². The lowest BCUT2D eigenvalue weighted by molar-refractivity contribution is -0.0508. The van der Waals surface area contributed by atoms with Crippen molar-refractivity contribution in [3.05, 3.63) is 48.9 Å². The normalized spacial score (nSPS) is 25.6. The maximum absolute atomic E-state index is 10.3. The maximum atomic E-state index is 10.3. The van der Waals surface area contributed by atoms with Crippen LogP contribution in [0.25, 0.3) is 31.7 Å². The molecule has 0 aliphatic carbocycles. The molecule has 0 saturated carbocycles. The second-order valence-corrected chi connectivity index (χ2v) is 7.64. The van der Waals surface area contributed by atoms with Crippen LogP contribution in [0, 0.1) is 0 Å². The van der Waals surface area contributed by atoms with Gasteiger partial charge in [0.25, 0.3) is 0 Å². The number of rotatable bonds is 3. The van der Waals surface area contributed by atoms with Gasteiger partial charge in [-0.15, -0.1) is 11.3 Å². The first kappa shape index (κ1) is 16.8. The molecular weight excluding hydrogens is 366 g/mol. The summed E-state index contributed by atoms with van der Waals surface area (Å²) >= 11 is 1.66. The lowest BCUT2D eigenvalue weighted by Crippen LogP contribution is -2.33. The molecule has 0 spiro atoms. The molecule has 27 heavy (non-hydrogen) atoms. The standard InChI is InChI=1S/C19H17N3O4S/c23-8-12-16(24)17(25)19(26-12)22-6-5-11-15(20-9-21-18(11)22)14-7-10-3-1-2-4-13(10)27-14/h1-7,9,12,16-17,19,23-25H,8H2/t12-,16-,17-,19-/m1/s1. The number of thiophene rings is 1. The van der Waals surface area contributed by atoms with E-state index in [-0.39, 0.29) is 6.61 Å². The highest BCUT2D eigenvalue weighted by Gasteiger charge is 2.43. The summed E-state index contributed by atoms with van der Waals surface area (Å²) in [5.74, 6) is 0. The van der Waals surface area contributed by atoms with Gasteiger partial charge in [0, 0.05) is 16.3 Å². The number of hydrogen-bond acceptors (Lipinski definition) is 7. The summed E-state index contributed by atoms with van der Waals surface area (Å²) < 4.78 is 8.50. The second kappa shape index (κ2) is 6.36. The van der Waals surface area contributed by atoms with E-state index < -0.39 is 24.5 Å². The number of ether oxygens (including phenoxy) is 1. The molecule has 1 aliphatic rings. The number of benzene rings is 1. The van der Waals surface area contributed by atoms with Gasteiger partial charge in [-0.3, -0.25) is 0 Å². The SMILES string of the molecule is OC[C@H]1O[C@@H](n2ccc3c(-c4cc5ccccc5s4)ncnc32)[C@H](O)[C@@H]1O. The van der Waals surface area contributed by atoms with Crippen LogP contribution in [0.5, 0.6) is 0 Å². The Morgan fingerprint density at radius 3 is 2.74 bits per heavy atom. The molecule has 4 atom stereocenters. The summed E-state index contributed by atoms with van der Waals surface area (Å²) in [4.78, 5) is 9.86. The van der Waals surface area contributed by atoms with Gasteiger partial charge in [0.05, 0.1) is 17.2 Å². The van der Waals surface area contributed by atoms with Crippen molar-refractivity contribution in [1.82, 2.24) is 14.5 Å². The second-order valence-electron chi connectivity index (χ2n) is 6.56. The predicted molar refractivity (Wildman–Crippen MR) is 101 cm³/mol. The van der Waals surface area contributed by atoms with Gasteiger partial charge < -0.3 is 24.6 Å². The third kappa shape index (κ3) is 2.57. The van der Waals surface area contributed by atoms with Crippen molar-refractivity contribution < 1.29 is 20.1 Å². The van der Waals surface area contributed by atoms with Crippen LogP contribution < -0.4 is 0 Å².